The number of likely N-dealkylation sites (N-methyl/N-ethyl adjacent to an activating group) is 1. The highest BCUT2D eigenvalue weighted by Crippen LogP contribution is 2.34. The Labute approximate surface area is 139 Å². The molecule has 1 atom stereocenters. The van der Waals surface area contributed by atoms with Gasteiger partial charge in [0.2, 0.25) is 0 Å². The fraction of sp³-hybridized carbons (Fsp3) is 0.250. The lowest BCUT2D eigenvalue weighted by atomic mass is 10.1. The van der Waals surface area contributed by atoms with E-state index in [1.54, 1.807) is 28.7 Å². The van der Waals surface area contributed by atoms with Crippen LogP contribution in [0.25, 0.3) is 10.1 Å². The predicted octanol–water partition coefficient (Wildman–Crippen LogP) is 5.76. The molecule has 1 N–H and O–H groups in total. The van der Waals surface area contributed by atoms with Crippen LogP contribution in [-0.4, -0.2) is 6.54 Å². The second kappa shape index (κ2) is 6.57. The number of thiophene rings is 2. The van der Waals surface area contributed by atoms with Gasteiger partial charge < -0.3 is 5.32 Å². The van der Waals surface area contributed by atoms with Gasteiger partial charge in [0.25, 0.3) is 0 Å². The molecule has 3 aromatic rings. The van der Waals surface area contributed by atoms with E-state index < -0.39 is 0 Å². The lowest BCUT2D eigenvalue weighted by Crippen LogP contribution is -2.21. The Bertz CT molecular complexity index is 750. The zero-order chi connectivity index (χ0) is 14.8. The molecule has 0 spiro atoms. The lowest BCUT2D eigenvalue weighted by Gasteiger charge is -2.15. The highest BCUT2D eigenvalue weighted by Gasteiger charge is 2.16. The fourth-order valence-corrected chi connectivity index (χ4v) is 5.10. The zero-order valence-corrected chi connectivity index (χ0v) is 14.7. The average Bonchev–Trinajstić information content (AvgIpc) is 3.04. The molecule has 1 nitrogen and oxygen atoms in total. The van der Waals surface area contributed by atoms with Crippen molar-refractivity contribution in [3.05, 3.63) is 55.8 Å². The highest BCUT2D eigenvalue weighted by molar-refractivity contribution is 9.10. The quantitative estimate of drug-likeness (QED) is 0.590. The van der Waals surface area contributed by atoms with Crippen LogP contribution in [0, 0.1) is 5.82 Å². The highest BCUT2D eigenvalue weighted by atomic mass is 79.9. The monoisotopic (exact) mass is 383 g/mol. The summed E-state index contributed by atoms with van der Waals surface area (Å²) in [5.74, 6) is -0.170. The van der Waals surface area contributed by atoms with Crippen molar-refractivity contribution in [1.29, 1.82) is 0 Å². The van der Waals surface area contributed by atoms with Crippen molar-refractivity contribution in [1.82, 2.24) is 5.32 Å². The third kappa shape index (κ3) is 3.37. The molecule has 0 aliphatic rings. The van der Waals surface area contributed by atoms with Gasteiger partial charge in [-0.1, -0.05) is 13.0 Å². The van der Waals surface area contributed by atoms with E-state index in [9.17, 15) is 4.39 Å². The van der Waals surface area contributed by atoms with E-state index in [1.165, 1.54) is 20.3 Å². The molecule has 21 heavy (non-hydrogen) atoms. The normalized spacial score (nSPS) is 12.9. The van der Waals surface area contributed by atoms with Crippen LogP contribution in [0.5, 0.6) is 0 Å². The van der Waals surface area contributed by atoms with E-state index in [1.807, 2.05) is 6.07 Å². The largest absolute Gasteiger partial charge is 0.309 e. The predicted molar refractivity (Wildman–Crippen MR) is 93.9 cm³/mol. The molecule has 0 saturated heterocycles. The van der Waals surface area contributed by atoms with Crippen LogP contribution in [0.4, 0.5) is 4.39 Å². The van der Waals surface area contributed by atoms with Crippen molar-refractivity contribution in [2.45, 2.75) is 19.4 Å². The van der Waals surface area contributed by atoms with E-state index in [2.05, 4.69) is 45.7 Å². The second-order valence-corrected chi connectivity index (χ2v) is 7.81. The Kier molecular flexibility index (Phi) is 4.74. The molecule has 0 saturated carbocycles. The number of halogens is 2. The molecular weight excluding hydrogens is 369 g/mol. The summed E-state index contributed by atoms with van der Waals surface area (Å²) in [5, 5.41) is 6.76. The third-order valence-corrected chi connectivity index (χ3v) is 6.54. The smallest absolute Gasteiger partial charge is 0.124 e. The van der Waals surface area contributed by atoms with Crippen molar-refractivity contribution in [3.8, 4) is 0 Å². The van der Waals surface area contributed by atoms with Gasteiger partial charge in [0.15, 0.2) is 0 Å². The van der Waals surface area contributed by atoms with Crippen LogP contribution in [0.3, 0.4) is 0 Å². The minimum Gasteiger partial charge on any atom is -0.309 e. The molecule has 0 aliphatic heterocycles. The van der Waals surface area contributed by atoms with E-state index in [4.69, 9.17) is 0 Å². The Balaban J connectivity index is 1.93. The topological polar surface area (TPSA) is 12.0 Å². The Hall–Kier alpha value is -0.750. The molecule has 3 rings (SSSR count). The standard InChI is InChI=1S/C16H15BrFNS2/c1-2-19-13(9-15-12(17)5-6-20-15)16-7-10-3-4-11(18)8-14(10)21-16/h3-8,13,19H,2,9H2,1H3. The van der Waals surface area contributed by atoms with Crippen molar-refractivity contribution in [2.75, 3.05) is 6.54 Å². The maximum absolute atomic E-state index is 13.3. The number of hydrogen-bond acceptors (Lipinski definition) is 3. The maximum Gasteiger partial charge on any atom is 0.124 e. The molecule has 1 aromatic carbocycles. The van der Waals surface area contributed by atoms with Crippen LogP contribution in [-0.2, 0) is 6.42 Å². The summed E-state index contributed by atoms with van der Waals surface area (Å²) < 4.78 is 15.5. The van der Waals surface area contributed by atoms with E-state index >= 15 is 0 Å². The summed E-state index contributed by atoms with van der Waals surface area (Å²) >= 11 is 7.04. The molecule has 0 bridgehead atoms. The molecular formula is C16H15BrFNS2. The van der Waals surface area contributed by atoms with Gasteiger partial charge >= 0.3 is 0 Å². The van der Waals surface area contributed by atoms with Gasteiger partial charge in [0, 0.05) is 31.4 Å². The average molecular weight is 384 g/mol. The van der Waals surface area contributed by atoms with Crippen LogP contribution >= 0.6 is 38.6 Å². The van der Waals surface area contributed by atoms with Gasteiger partial charge in [-0.3, -0.25) is 0 Å². The Morgan fingerprint density at radius 2 is 2.14 bits per heavy atom. The van der Waals surface area contributed by atoms with E-state index in [0.29, 0.717) is 0 Å². The van der Waals surface area contributed by atoms with Crippen molar-refractivity contribution < 1.29 is 4.39 Å². The summed E-state index contributed by atoms with van der Waals surface area (Å²) in [6.07, 6.45) is 0.946. The molecule has 2 aromatic heterocycles. The van der Waals surface area contributed by atoms with Gasteiger partial charge in [-0.05, 0) is 57.5 Å². The molecule has 110 valence electrons. The minimum atomic E-state index is -0.170. The summed E-state index contributed by atoms with van der Waals surface area (Å²) in [5.41, 5.74) is 0. The van der Waals surface area contributed by atoms with Crippen LogP contribution in [0.2, 0.25) is 0 Å². The first-order valence-electron chi connectivity index (χ1n) is 6.81. The molecule has 0 amide bonds. The summed E-state index contributed by atoms with van der Waals surface area (Å²) in [7, 11) is 0. The maximum atomic E-state index is 13.3. The summed E-state index contributed by atoms with van der Waals surface area (Å²) in [4.78, 5) is 2.60. The fourth-order valence-electron chi connectivity index (χ4n) is 2.37. The van der Waals surface area contributed by atoms with E-state index in [-0.39, 0.29) is 11.9 Å². The third-order valence-electron chi connectivity index (χ3n) is 3.38. The van der Waals surface area contributed by atoms with Crippen molar-refractivity contribution in [2.24, 2.45) is 0 Å². The number of hydrogen-bond donors (Lipinski definition) is 1. The van der Waals surface area contributed by atoms with Crippen LogP contribution in [0.15, 0.2) is 40.2 Å². The van der Waals surface area contributed by atoms with Gasteiger partial charge in [-0.2, -0.15) is 0 Å². The van der Waals surface area contributed by atoms with Crippen molar-refractivity contribution >= 4 is 48.7 Å². The number of benzene rings is 1. The number of fused-ring (bicyclic) bond motifs is 1. The van der Waals surface area contributed by atoms with E-state index in [0.717, 1.165) is 23.1 Å². The molecule has 5 heteroatoms. The first kappa shape index (κ1) is 15.2. The summed E-state index contributed by atoms with van der Waals surface area (Å²) in [6.45, 7) is 3.03. The molecule has 0 fully saturated rings. The van der Waals surface area contributed by atoms with Crippen LogP contribution < -0.4 is 5.32 Å². The summed E-state index contributed by atoms with van der Waals surface area (Å²) in [6, 6.07) is 9.53. The second-order valence-electron chi connectivity index (χ2n) is 4.84. The molecule has 0 aliphatic carbocycles. The zero-order valence-electron chi connectivity index (χ0n) is 11.5. The van der Waals surface area contributed by atoms with Gasteiger partial charge in [0.05, 0.1) is 0 Å². The number of rotatable bonds is 5. The number of nitrogens with one attached hydrogen (secondary N) is 1. The molecule has 0 radical (unpaired) electrons. The first-order chi connectivity index (χ1) is 10.2. The molecule has 2 heterocycles. The van der Waals surface area contributed by atoms with Gasteiger partial charge in [-0.15, -0.1) is 22.7 Å². The van der Waals surface area contributed by atoms with Crippen LogP contribution in [0.1, 0.15) is 22.7 Å². The Morgan fingerprint density at radius 3 is 2.86 bits per heavy atom. The molecule has 1 unspecified atom stereocenters. The SMILES string of the molecule is CCNC(Cc1sccc1Br)c1cc2ccc(F)cc2s1. The lowest BCUT2D eigenvalue weighted by molar-refractivity contribution is 0.561. The van der Waals surface area contributed by atoms with Gasteiger partial charge in [-0.25, -0.2) is 4.39 Å². The first-order valence-corrected chi connectivity index (χ1v) is 9.30. The van der Waals surface area contributed by atoms with Gasteiger partial charge in [0.1, 0.15) is 5.82 Å². The Morgan fingerprint density at radius 1 is 1.29 bits per heavy atom. The van der Waals surface area contributed by atoms with Crippen molar-refractivity contribution in [3.63, 3.8) is 0 Å². The minimum absolute atomic E-state index is 0.170.